The molecule has 1 aliphatic heterocycles. The number of rotatable bonds is 6. The van der Waals surface area contributed by atoms with E-state index in [-0.39, 0.29) is 25.2 Å². The van der Waals surface area contributed by atoms with E-state index >= 15 is 0 Å². The number of aliphatic carboxylic acids is 2. The average molecular weight is 353 g/mol. The van der Waals surface area contributed by atoms with E-state index in [0.717, 1.165) is 11.1 Å². The van der Waals surface area contributed by atoms with Crippen LogP contribution in [0.25, 0.3) is 0 Å². The smallest absolute Gasteiger partial charge is 0.341 e. The molecule has 0 fully saturated rings. The molecule has 0 saturated carbocycles. The summed E-state index contributed by atoms with van der Waals surface area (Å²) < 4.78 is 0. The minimum atomic E-state index is -2.06. The molecule has 2 N–H and O–H groups in total. The van der Waals surface area contributed by atoms with Gasteiger partial charge in [0.2, 0.25) is 5.54 Å². The molecule has 26 heavy (non-hydrogen) atoms. The molecule has 2 aromatic rings. The molecule has 1 heterocycles. The van der Waals surface area contributed by atoms with E-state index in [1.807, 2.05) is 30.3 Å². The van der Waals surface area contributed by atoms with Gasteiger partial charge in [-0.3, -0.25) is 4.79 Å². The summed E-state index contributed by atoms with van der Waals surface area (Å²) in [7, 11) is 0. The molecule has 0 saturated heterocycles. The third kappa shape index (κ3) is 2.94. The summed E-state index contributed by atoms with van der Waals surface area (Å²) in [4.78, 5) is 36.8. The number of hydrogen-bond acceptors (Lipinski definition) is 4. The number of Topliss-reactive ketones (excluding diaryl/α,β-unsaturated/α-hetero) is 1. The van der Waals surface area contributed by atoms with Gasteiger partial charge < -0.3 is 15.1 Å². The number of benzene rings is 2. The maximum Gasteiger partial charge on any atom is 0.341 e. The molecule has 0 amide bonds. The zero-order chi connectivity index (χ0) is 18.9. The van der Waals surface area contributed by atoms with Crippen molar-refractivity contribution >= 4 is 23.4 Å². The van der Waals surface area contributed by atoms with E-state index in [2.05, 4.69) is 0 Å². The van der Waals surface area contributed by atoms with Crippen LogP contribution in [-0.4, -0.2) is 33.5 Å². The Morgan fingerprint density at radius 3 is 2.23 bits per heavy atom. The number of ketones is 1. The molecule has 6 nitrogen and oxygen atoms in total. The second kappa shape index (κ2) is 6.63. The Kier molecular flexibility index (Phi) is 4.50. The predicted octanol–water partition coefficient (Wildman–Crippen LogP) is 2.29. The van der Waals surface area contributed by atoms with E-state index in [1.165, 1.54) is 11.8 Å². The van der Waals surface area contributed by atoms with Crippen molar-refractivity contribution in [3.63, 3.8) is 0 Å². The Balaban J connectivity index is 2.09. The third-order valence-corrected chi connectivity index (χ3v) is 4.69. The SMILES string of the molecule is CC(=O)Cc1ccc2c(c1)CC(C(=O)O)(C(=O)O)N2Cc1ccccc1. The summed E-state index contributed by atoms with van der Waals surface area (Å²) >= 11 is 0. The van der Waals surface area contributed by atoms with Gasteiger partial charge in [0.05, 0.1) is 0 Å². The van der Waals surface area contributed by atoms with E-state index in [9.17, 15) is 24.6 Å². The fraction of sp³-hybridized carbons (Fsp3) is 0.250. The van der Waals surface area contributed by atoms with Crippen LogP contribution in [0.4, 0.5) is 5.69 Å². The lowest BCUT2D eigenvalue weighted by Crippen LogP contribution is -2.58. The topological polar surface area (TPSA) is 94.9 Å². The van der Waals surface area contributed by atoms with Crippen LogP contribution in [0.3, 0.4) is 0 Å². The minimum Gasteiger partial charge on any atom is -0.479 e. The number of carboxylic acids is 2. The fourth-order valence-electron chi connectivity index (χ4n) is 3.48. The molecule has 0 aliphatic carbocycles. The Hall–Kier alpha value is -3.15. The Morgan fingerprint density at radius 1 is 1.00 bits per heavy atom. The van der Waals surface area contributed by atoms with Crippen LogP contribution in [0.2, 0.25) is 0 Å². The van der Waals surface area contributed by atoms with Gasteiger partial charge >= 0.3 is 11.9 Å². The first-order valence-corrected chi connectivity index (χ1v) is 8.24. The molecular weight excluding hydrogens is 334 g/mol. The molecule has 0 unspecified atom stereocenters. The summed E-state index contributed by atoms with van der Waals surface area (Å²) in [5.74, 6) is -2.80. The normalized spacial score (nSPS) is 14.7. The highest BCUT2D eigenvalue weighted by Gasteiger charge is 2.56. The molecule has 1 aliphatic rings. The molecule has 0 radical (unpaired) electrons. The van der Waals surface area contributed by atoms with Crippen molar-refractivity contribution in [3.8, 4) is 0 Å². The second-order valence-corrected chi connectivity index (χ2v) is 6.56. The molecule has 134 valence electrons. The quantitative estimate of drug-likeness (QED) is 0.774. The van der Waals surface area contributed by atoms with Gasteiger partial charge in [-0.25, -0.2) is 9.59 Å². The van der Waals surface area contributed by atoms with Crippen LogP contribution in [0.5, 0.6) is 0 Å². The van der Waals surface area contributed by atoms with Gasteiger partial charge in [-0.1, -0.05) is 42.5 Å². The number of carbonyl (C=O) groups excluding carboxylic acids is 1. The first-order chi connectivity index (χ1) is 12.3. The monoisotopic (exact) mass is 353 g/mol. The van der Waals surface area contributed by atoms with Gasteiger partial charge in [0.1, 0.15) is 5.78 Å². The van der Waals surface area contributed by atoms with E-state index in [1.54, 1.807) is 18.2 Å². The molecule has 0 spiro atoms. The molecule has 0 atom stereocenters. The van der Waals surface area contributed by atoms with Crippen molar-refractivity contribution in [1.82, 2.24) is 0 Å². The van der Waals surface area contributed by atoms with E-state index < -0.39 is 17.5 Å². The molecule has 0 aromatic heterocycles. The molecule has 3 rings (SSSR count). The minimum absolute atomic E-state index is 0.00757. The van der Waals surface area contributed by atoms with Gasteiger partial charge in [0, 0.05) is 25.1 Å². The van der Waals surface area contributed by atoms with Gasteiger partial charge in [-0.15, -0.1) is 0 Å². The van der Waals surface area contributed by atoms with Crippen molar-refractivity contribution in [1.29, 1.82) is 0 Å². The summed E-state index contributed by atoms with van der Waals surface area (Å²) in [5.41, 5.74) is 0.713. The number of carbonyl (C=O) groups is 3. The highest BCUT2D eigenvalue weighted by molar-refractivity contribution is 6.09. The summed E-state index contributed by atoms with van der Waals surface area (Å²) in [6, 6.07) is 14.4. The maximum absolute atomic E-state index is 12.0. The van der Waals surface area contributed by atoms with Gasteiger partial charge in [-0.2, -0.15) is 0 Å². The van der Waals surface area contributed by atoms with Crippen LogP contribution in [0, 0.1) is 0 Å². The van der Waals surface area contributed by atoms with Crippen molar-refractivity contribution in [2.45, 2.75) is 31.8 Å². The first-order valence-electron chi connectivity index (χ1n) is 8.24. The number of hydrogen-bond donors (Lipinski definition) is 2. The van der Waals surface area contributed by atoms with Gasteiger partial charge in [0.25, 0.3) is 0 Å². The van der Waals surface area contributed by atoms with Crippen molar-refractivity contribution < 1.29 is 24.6 Å². The number of anilines is 1. The summed E-state index contributed by atoms with van der Waals surface area (Å²) in [6.07, 6.45) is 0.0880. The number of nitrogens with zero attached hydrogens (tertiary/aromatic N) is 1. The zero-order valence-corrected chi connectivity index (χ0v) is 14.3. The summed E-state index contributed by atoms with van der Waals surface area (Å²) in [5, 5.41) is 19.6. The first kappa shape index (κ1) is 17.7. The van der Waals surface area contributed by atoms with Crippen LogP contribution < -0.4 is 4.90 Å². The molecule has 0 bridgehead atoms. The number of carboxylic acid groups (broad SMARTS) is 2. The zero-order valence-electron chi connectivity index (χ0n) is 14.3. The fourth-order valence-corrected chi connectivity index (χ4v) is 3.48. The lowest BCUT2D eigenvalue weighted by Gasteiger charge is -2.33. The van der Waals surface area contributed by atoms with Crippen LogP contribution >= 0.6 is 0 Å². The maximum atomic E-state index is 12.0. The molecular formula is C20H19NO5. The molecule has 2 aromatic carbocycles. The van der Waals surface area contributed by atoms with E-state index in [4.69, 9.17) is 0 Å². The highest BCUT2D eigenvalue weighted by atomic mass is 16.4. The Labute approximate surface area is 150 Å². The summed E-state index contributed by atoms with van der Waals surface area (Å²) in [6.45, 7) is 1.65. The molecule has 6 heteroatoms. The highest BCUT2D eigenvalue weighted by Crippen LogP contribution is 2.41. The lowest BCUT2D eigenvalue weighted by molar-refractivity contribution is -0.156. The standard InChI is InChI=1S/C20H19NO5/c1-13(22)9-15-7-8-17-16(10-15)11-20(18(23)24,19(25)26)21(17)12-14-5-3-2-4-6-14/h2-8,10H,9,11-12H2,1H3,(H,23,24)(H,25,26). The van der Waals surface area contributed by atoms with Crippen LogP contribution in [-0.2, 0) is 33.8 Å². The third-order valence-electron chi connectivity index (χ3n) is 4.69. The Bertz CT molecular complexity index is 861. The van der Waals surface area contributed by atoms with Crippen molar-refractivity contribution in [2.75, 3.05) is 4.90 Å². The van der Waals surface area contributed by atoms with Crippen LogP contribution in [0.1, 0.15) is 23.6 Å². The van der Waals surface area contributed by atoms with Crippen LogP contribution in [0.15, 0.2) is 48.5 Å². The lowest BCUT2D eigenvalue weighted by atomic mass is 9.93. The Morgan fingerprint density at radius 2 is 1.65 bits per heavy atom. The average Bonchev–Trinajstić information content (AvgIpc) is 2.90. The van der Waals surface area contributed by atoms with E-state index in [0.29, 0.717) is 11.3 Å². The number of fused-ring (bicyclic) bond motifs is 1. The van der Waals surface area contributed by atoms with Crippen molar-refractivity contribution in [2.24, 2.45) is 0 Å². The largest absolute Gasteiger partial charge is 0.479 e. The second-order valence-electron chi connectivity index (χ2n) is 6.56. The van der Waals surface area contributed by atoms with Crippen molar-refractivity contribution in [3.05, 3.63) is 65.2 Å². The van der Waals surface area contributed by atoms with Gasteiger partial charge in [-0.05, 0) is 29.7 Å². The van der Waals surface area contributed by atoms with Gasteiger partial charge in [0.15, 0.2) is 0 Å². The predicted molar refractivity (Wildman–Crippen MR) is 95.2 cm³/mol.